The second kappa shape index (κ2) is 5.17. The highest BCUT2D eigenvalue weighted by Gasteiger charge is 2.39. The Morgan fingerprint density at radius 1 is 1.29 bits per heavy atom. The SMILES string of the molecule is CC[C@@H]1CCCC[C@@]1(O)c1ccc(Cl)c(Cl)c1. The smallest absolute Gasteiger partial charge is 0.0925 e. The molecule has 0 saturated heterocycles. The first-order valence-corrected chi connectivity index (χ1v) is 7.01. The average Bonchev–Trinajstić information content (AvgIpc) is 2.33. The van der Waals surface area contributed by atoms with Crippen molar-refractivity contribution in [3.63, 3.8) is 0 Å². The Balaban J connectivity index is 2.37. The van der Waals surface area contributed by atoms with E-state index in [0.717, 1.165) is 31.2 Å². The summed E-state index contributed by atoms with van der Waals surface area (Å²) in [6.07, 6.45) is 5.20. The van der Waals surface area contributed by atoms with Gasteiger partial charge < -0.3 is 5.11 Å². The molecule has 1 aliphatic rings. The summed E-state index contributed by atoms with van der Waals surface area (Å²) in [5, 5.41) is 12.0. The van der Waals surface area contributed by atoms with Crippen molar-refractivity contribution in [2.24, 2.45) is 5.92 Å². The van der Waals surface area contributed by atoms with Crippen molar-refractivity contribution < 1.29 is 5.11 Å². The van der Waals surface area contributed by atoms with E-state index < -0.39 is 5.60 Å². The van der Waals surface area contributed by atoms with Crippen molar-refractivity contribution in [2.45, 2.75) is 44.6 Å². The minimum absolute atomic E-state index is 0.327. The molecule has 1 aliphatic carbocycles. The molecule has 1 aromatic rings. The van der Waals surface area contributed by atoms with Crippen LogP contribution in [0.1, 0.15) is 44.6 Å². The van der Waals surface area contributed by atoms with Crippen LogP contribution in [-0.4, -0.2) is 5.11 Å². The third kappa shape index (κ3) is 2.47. The van der Waals surface area contributed by atoms with Crippen molar-refractivity contribution in [1.29, 1.82) is 0 Å². The fourth-order valence-electron chi connectivity index (χ4n) is 2.92. The second-order valence-corrected chi connectivity index (χ2v) is 5.72. The van der Waals surface area contributed by atoms with Crippen LogP contribution in [0.2, 0.25) is 10.0 Å². The molecule has 3 heteroatoms. The van der Waals surface area contributed by atoms with Gasteiger partial charge in [-0.1, -0.05) is 55.5 Å². The van der Waals surface area contributed by atoms with Gasteiger partial charge in [0.2, 0.25) is 0 Å². The van der Waals surface area contributed by atoms with Gasteiger partial charge in [0, 0.05) is 0 Å². The van der Waals surface area contributed by atoms with Gasteiger partial charge >= 0.3 is 0 Å². The van der Waals surface area contributed by atoms with Crippen molar-refractivity contribution in [1.82, 2.24) is 0 Å². The average molecular weight is 273 g/mol. The molecule has 2 rings (SSSR count). The number of halogens is 2. The molecule has 0 amide bonds. The minimum Gasteiger partial charge on any atom is -0.385 e. The predicted molar refractivity (Wildman–Crippen MR) is 72.6 cm³/mol. The number of hydrogen-bond donors (Lipinski definition) is 1. The molecular weight excluding hydrogens is 255 g/mol. The standard InChI is InChI=1S/C14H18Cl2O/c1-2-10-5-3-4-8-14(10,17)11-6-7-12(15)13(16)9-11/h6-7,9-10,17H,2-5,8H2,1H3/t10-,14+/m1/s1. The monoisotopic (exact) mass is 272 g/mol. The van der Waals surface area contributed by atoms with Crippen LogP contribution in [-0.2, 0) is 5.60 Å². The molecule has 2 atom stereocenters. The molecule has 0 unspecified atom stereocenters. The quantitative estimate of drug-likeness (QED) is 0.822. The zero-order valence-corrected chi connectivity index (χ0v) is 11.6. The third-order valence-electron chi connectivity index (χ3n) is 3.95. The van der Waals surface area contributed by atoms with Crippen molar-refractivity contribution in [3.05, 3.63) is 33.8 Å². The first-order chi connectivity index (χ1) is 8.08. The molecule has 17 heavy (non-hydrogen) atoms. The van der Waals surface area contributed by atoms with E-state index in [1.807, 2.05) is 12.1 Å². The van der Waals surface area contributed by atoms with E-state index in [-0.39, 0.29) is 0 Å². The van der Waals surface area contributed by atoms with Gasteiger partial charge in [-0.25, -0.2) is 0 Å². The van der Waals surface area contributed by atoms with Crippen molar-refractivity contribution in [3.8, 4) is 0 Å². The molecular formula is C14H18Cl2O. The number of hydrogen-bond acceptors (Lipinski definition) is 1. The van der Waals surface area contributed by atoms with E-state index in [0.29, 0.717) is 16.0 Å². The Hall–Kier alpha value is -0.240. The fourth-order valence-corrected chi connectivity index (χ4v) is 3.21. The van der Waals surface area contributed by atoms with Crippen LogP contribution in [0.3, 0.4) is 0 Å². The summed E-state index contributed by atoms with van der Waals surface area (Å²) in [7, 11) is 0. The van der Waals surface area contributed by atoms with Gasteiger partial charge in [0.05, 0.1) is 15.6 Å². The van der Waals surface area contributed by atoms with Gasteiger partial charge in [-0.2, -0.15) is 0 Å². The maximum Gasteiger partial charge on any atom is 0.0925 e. The highest BCUT2D eigenvalue weighted by molar-refractivity contribution is 6.42. The van der Waals surface area contributed by atoms with Gasteiger partial charge in [0.1, 0.15) is 0 Å². The molecule has 0 spiro atoms. The molecule has 1 fully saturated rings. The lowest BCUT2D eigenvalue weighted by Gasteiger charge is -2.40. The van der Waals surface area contributed by atoms with Crippen LogP contribution in [0, 0.1) is 5.92 Å². The fraction of sp³-hybridized carbons (Fsp3) is 0.571. The number of rotatable bonds is 2. The molecule has 0 radical (unpaired) electrons. The molecule has 0 heterocycles. The maximum atomic E-state index is 10.9. The summed E-state index contributed by atoms with van der Waals surface area (Å²) in [6.45, 7) is 2.14. The molecule has 1 nitrogen and oxygen atoms in total. The Morgan fingerprint density at radius 3 is 2.71 bits per heavy atom. The number of aliphatic hydroxyl groups is 1. The van der Waals surface area contributed by atoms with Crippen molar-refractivity contribution in [2.75, 3.05) is 0 Å². The predicted octanol–water partition coefficient (Wildman–Crippen LogP) is 4.78. The van der Waals surface area contributed by atoms with E-state index in [1.165, 1.54) is 6.42 Å². The maximum absolute atomic E-state index is 10.9. The van der Waals surface area contributed by atoms with Gasteiger partial charge in [0.15, 0.2) is 0 Å². The Bertz CT molecular complexity index is 405. The van der Waals surface area contributed by atoms with E-state index >= 15 is 0 Å². The lowest BCUT2D eigenvalue weighted by Crippen LogP contribution is -2.37. The van der Waals surface area contributed by atoms with E-state index in [9.17, 15) is 5.11 Å². The summed E-state index contributed by atoms with van der Waals surface area (Å²) < 4.78 is 0. The van der Waals surface area contributed by atoms with Gasteiger partial charge in [-0.3, -0.25) is 0 Å². The van der Waals surface area contributed by atoms with Crippen LogP contribution in [0.25, 0.3) is 0 Å². The van der Waals surface area contributed by atoms with E-state index in [1.54, 1.807) is 6.07 Å². The highest BCUT2D eigenvalue weighted by Crippen LogP contribution is 2.44. The van der Waals surface area contributed by atoms with Crippen LogP contribution < -0.4 is 0 Å². The molecule has 94 valence electrons. The summed E-state index contributed by atoms with van der Waals surface area (Å²) in [5.41, 5.74) is 0.194. The van der Waals surface area contributed by atoms with Gasteiger partial charge in [-0.15, -0.1) is 0 Å². The highest BCUT2D eigenvalue weighted by atomic mass is 35.5. The zero-order chi connectivity index (χ0) is 12.5. The molecule has 1 saturated carbocycles. The Kier molecular flexibility index (Phi) is 4.02. The topological polar surface area (TPSA) is 20.2 Å². The van der Waals surface area contributed by atoms with Crippen LogP contribution >= 0.6 is 23.2 Å². The first kappa shape index (κ1) is 13.2. The number of benzene rings is 1. The van der Waals surface area contributed by atoms with Gasteiger partial charge in [-0.05, 0) is 36.5 Å². The second-order valence-electron chi connectivity index (χ2n) is 4.90. The van der Waals surface area contributed by atoms with Crippen LogP contribution in [0.4, 0.5) is 0 Å². The van der Waals surface area contributed by atoms with Crippen LogP contribution in [0.5, 0.6) is 0 Å². The lowest BCUT2D eigenvalue weighted by atomic mass is 9.70. The molecule has 0 aliphatic heterocycles. The summed E-state index contributed by atoms with van der Waals surface area (Å²) in [6, 6.07) is 5.50. The molecule has 0 bridgehead atoms. The summed E-state index contributed by atoms with van der Waals surface area (Å²) in [4.78, 5) is 0. The normalized spacial score (nSPS) is 29.3. The Labute approximate surface area is 113 Å². The van der Waals surface area contributed by atoms with Crippen LogP contribution in [0.15, 0.2) is 18.2 Å². The molecule has 1 N–H and O–H groups in total. The minimum atomic E-state index is -0.721. The lowest BCUT2D eigenvalue weighted by molar-refractivity contribution is -0.0557. The van der Waals surface area contributed by atoms with Gasteiger partial charge in [0.25, 0.3) is 0 Å². The Morgan fingerprint density at radius 2 is 2.06 bits per heavy atom. The van der Waals surface area contributed by atoms with E-state index in [2.05, 4.69) is 6.92 Å². The van der Waals surface area contributed by atoms with Crippen molar-refractivity contribution >= 4 is 23.2 Å². The summed E-state index contributed by atoms with van der Waals surface area (Å²) in [5.74, 6) is 0.327. The first-order valence-electron chi connectivity index (χ1n) is 6.26. The summed E-state index contributed by atoms with van der Waals surface area (Å²) >= 11 is 12.0. The van der Waals surface area contributed by atoms with E-state index in [4.69, 9.17) is 23.2 Å². The zero-order valence-electron chi connectivity index (χ0n) is 10.0. The molecule has 0 aromatic heterocycles. The molecule has 1 aromatic carbocycles. The largest absolute Gasteiger partial charge is 0.385 e. The third-order valence-corrected chi connectivity index (χ3v) is 4.69.